The molecule has 0 saturated heterocycles. The number of nitrogens with two attached hydrogens (primary N) is 1. The van der Waals surface area contributed by atoms with Crippen LogP contribution in [-0.4, -0.2) is 4.98 Å². The van der Waals surface area contributed by atoms with Crippen molar-refractivity contribution in [1.82, 2.24) is 4.98 Å². The fourth-order valence-electron chi connectivity index (χ4n) is 1.27. The lowest BCUT2D eigenvalue weighted by Gasteiger charge is -2.05. The Kier molecular flexibility index (Phi) is 2.70. The first kappa shape index (κ1) is 9.99. The highest BCUT2D eigenvalue weighted by Crippen LogP contribution is 2.16. The van der Waals surface area contributed by atoms with Crippen LogP contribution in [0.1, 0.15) is 5.56 Å². The molecule has 1 heterocycles. The molecule has 0 radical (unpaired) electrons. The standard InChI is InChI=1S/C12H10N4/c13-7-9-1-3-10(4-2-9)16-11-5-6-12(14)15-8-11/h1-6,8,16H,(H2,14,15). The van der Waals surface area contributed by atoms with Crippen molar-refractivity contribution < 1.29 is 0 Å². The van der Waals surface area contributed by atoms with E-state index in [1.165, 1.54) is 0 Å². The third-order valence-corrected chi connectivity index (χ3v) is 2.09. The van der Waals surface area contributed by atoms with Crippen LogP contribution in [0.5, 0.6) is 0 Å². The van der Waals surface area contributed by atoms with Crippen molar-refractivity contribution in [2.24, 2.45) is 0 Å². The minimum absolute atomic E-state index is 0.491. The molecule has 16 heavy (non-hydrogen) atoms. The van der Waals surface area contributed by atoms with Crippen molar-refractivity contribution in [3.05, 3.63) is 48.2 Å². The minimum Gasteiger partial charge on any atom is -0.384 e. The topological polar surface area (TPSA) is 74.7 Å². The van der Waals surface area contributed by atoms with Crippen LogP contribution in [0.4, 0.5) is 17.2 Å². The third-order valence-electron chi connectivity index (χ3n) is 2.09. The van der Waals surface area contributed by atoms with Crippen LogP contribution in [0.15, 0.2) is 42.6 Å². The van der Waals surface area contributed by atoms with Gasteiger partial charge in [0.1, 0.15) is 5.82 Å². The van der Waals surface area contributed by atoms with Crippen LogP contribution in [0.3, 0.4) is 0 Å². The molecular weight excluding hydrogens is 200 g/mol. The molecule has 0 aliphatic rings. The summed E-state index contributed by atoms with van der Waals surface area (Å²) in [7, 11) is 0. The smallest absolute Gasteiger partial charge is 0.123 e. The Labute approximate surface area is 93.4 Å². The molecule has 0 unspecified atom stereocenters. The molecular formula is C12H10N4. The summed E-state index contributed by atoms with van der Waals surface area (Å²) in [6.45, 7) is 0. The molecule has 2 rings (SSSR count). The van der Waals surface area contributed by atoms with E-state index in [9.17, 15) is 0 Å². The van der Waals surface area contributed by atoms with E-state index < -0.39 is 0 Å². The van der Waals surface area contributed by atoms with E-state index in [1.807, 2.05) is 18.2 Å². The van der Waals surface area contributed by atoms with Gasteiger partial charge in [-0.25, -0.2) is 4.98 Å². The highest BCUT2D eigenvalue weighted by Gasteiger charge is 1.95. The van der Waals surface area contributed by atoms with Gasteiger partial charge in [-0.1, -0.05) is 0 Å². The van der Waals surface area contributed by atoms with Gasteiger partial charge in [0.25, 0.3) is 0 Å². The molecule has 3 N–H and O–H groups in total. The second-order valence-corrected chi connectivity index (χ2v) is 3.29. The van der Waals surface area contributed by atoms with Gasteiger partial charge in [0, 0.05) is 5.69 Å². The van der Waals surface area contributed by atoms with E-state index in [0.717, 1.165) is 11.4 Å². The van der Waals surface area contributed by atoms with Crippen LogP contribution in [0.2, 0.25) is 0 Å². The maximum absolute atomic E-state index is 8.65. The highest BCUT2D eigenvalue weighted by molar-refractivity contribution is 5.60. The second-order valence-electron chi connectivity index (χ2n) is 3.29. The number of hydrogen-bond donors (Lipinski definition) is 2. The largest absolute Gasteiger partial charge is 0.384 e. The van der Waals surface area contributed by atoms with Crippen molar-refractivity contribution in [2.45, 2.75) is 0 Å². The summed E-state index contributed by atoms with van der Waals surface area (Å²) in [5, 5.41) is 11.8. The number of benzene rings is 1. The number of nitrogens with one attached hydrogen (secondary N) is 1. The van der Waals surface area contributed by atoms with Crippen molar-refractivity contribution in [3.8, 4) is 6.07 Å². The Balaban J connectivity index is 2.15. The Morgan fingerprint density at radius 1 is 1.06 bits per heavy atom. The number of nitriles is 1. The highest BCUT2D eigenvalue weighted by atomic mass is 14.9. The number of nitrogens with zero attached hydrogens (tertiary/aromatic N) is 2. The molecule has 0 aliphatic heterocycles. The normalized spacial score (nSPS) is 9.44. The van der Waals surface area contributed by atoms with Crippen molar-refractivity contribution in [1.29, 1.82) is 5.26 Å². The first-order valence-corrected chi connectivity index (χ1v) is 4.76. The van der Waals surface area contributed by atoms with Gasteiger partial charge in [0.2, 0.25) is 0 Å². The maximum atomic E-state index is 8.65. The minimum atomic E-state index is 0.491. The lowest BCUT2D eigenvalue weighted by Crippen LogP contribution is -1.93. The van der Waals surface area contributed by atoms with Gasteiger partial charge < -0.3 is 11.1 Å². The van der Waals surface area contributed by atoms with Gasteiger partial charge >= 0.3 is 0 Å². The van der Waals surface area contributed by atoms with Gasteiger partial charge in [-0.05, 0) is 36.4 Å². The number of hydrogen-bond acceptors (Lipinski definition) is 4. The number of pyridine rings is 1. The summed E-state index contributed by atoms with van der Waals surface area (Å²) < 4.78 is 0. The van der Waals surface area contributed by atoms with Gasteiger partial charge in [-0.2, -0.15) is 5.26 Å². The third kappa shape index (κ3) is 2.28. The molecule has 0 bridgehead atoms. The molecule has 4 heteroatoms. The zero-order valence-corrected chi connectivity index (χ0v) is 8.51. The molecule has 2 aromatic rings. The Morgan fingerprint density at radius 2 is 1.75 bits per heavy atom. The average molecular weight is 210 g/mol. The number of anilines is 3. The summed E-state index contributed by atoms with van der Waals surface area (Å²) in [5.74, 6) is 0.491. The van der Waals surface area contributed by atoms with Gasteiger partial charge in [0.15, 0.2) is 0 Å². The van der Waals surface area contributed by atoms with E-state index in [1.54, 1.807) is 24.4 Å². The molecule has 0 atom stereocenters. The molecule has 1 aromatic heterocycles. The van der Waals surface area contributed by atoms with Crippen molar-refractivity contribution >= 4 is 17.2 Å². The first-order valence-electron chi connectivity index (χ1n) is 4.76. The fraction of sp³-hybridized carbons (Fsp3) is 0. The molecule has 0 saturated carbocycles. The first-order chi connectivity index (χ1) is 7.78. The van der Waals surface area contributed by atoms with E-state index >= 15 is 0 Å². The molecule has 78 valence electrons. The van der Waals surface area contributed by atoms with E-state index in [-0.39, 0.29) is 0 Å². The zero-order chi connectivity index (χ0) is 11.4. The zero-order valence-electron chi connectivity index (χ0n) is 8.51. The van der Waals surface area contributed by atoms with Gasteiger partial charge in [-0.15, -0.1) is 0 Å². The van der Waals surface area contributed by atoms with E-state index in [2.05, 4.69) is 16.4 Å². The number of aromatic nitrogens is 1. The predicted molar refractivity (Wildman–Crippen MR) is 63.1 cm³/mol. The van der Waals surface area contributed by atoms with Gasteiger partial charge in [0.05, 0.1) is 23.5 Å². The molecule has 0 spiro atoms. The quantitative estimate of drug-likeness (QED) is 0.797. The maximum Gasteiger partial charge on any atom is 0.123 e. The molecule has 0 amide bonds. The molecule has 0 fully saturated rings. The van der Waals surface area contributed by atoms with E-state index in [4.69, 9.17) is 11.0 Å². The Morgan fingerprint density at radius 3 is 2.31 bits per heavy atom. The SMILES string of the molecule is N#Cc1ccc(Nc2ccc(N)nc2)cc1. The van der Waals surface area contributed by atoms with Crippen LogP contribution in [-0.2, 0) is 0 Å². The predicted octanol–water partition coefficient (Wildman–Crippen LogP) is 2.28. The Bertz CT molecular complexity index is 508. The van der Waals surface area contributed by atoms with Crippen LogP contribution in [0, 0.1) is 11.3 Å². The van der Waals surface area contributed by atoms with Crippen LogP contribution >= 0.6 is 0 Å². The Hall–Kier alpha value is -2.54. The summed E-state index contributed by atoms with van der Waals surface area (Å²) in [6, 6.07) is 12.8. The van der Waals surface area contributed by atoms with E-state index in [0.29, 0.717) is 11.4 Å². The summed E-state index contributed by atoms with van der Waals surface area (Å²) in [6.07, 6.45) is 1.66. The lowest BCUT2D eigenvalue weighted by atomic mass is 10.2. The lowest BCUT2D eigenvalue weighted by molar-refractivity contribution is 1.33. The summed E-state index contributed by atoms with van der Waals surface area (Å²) >= 11 is 0. The average Bonchev–Trinajstić information content (AvgIpc) is 2.33. The summed E-state index contributed by atoms with van der Waals surface area (Å²) in [5.41, 5.74) is 7.89. The fourth-order valence-corrected chi connectivity index (χ4v) is 1.27. The monoisotopic (exact) mass is 210 g/mol. The van der Waals surface area contributed by atoms with Crippen molar-refractivity contribution in [3.63, 3.8) is 0 Å². The van der Waals surface area contributed by atoms with Gasteiger partial charge in [-0.3, -0.25) is 0 Å². The second kappa shape index (κ2) is 4.32. The molecule has 0 aliphatic carbocycles. The molecule has 1 aromatic carbocycles. The van der Waals surface area contributed by atoms with Crippen LogP contribution < -0.4 is 11.1 Å². The molecule has 4 nitrogen and oxygen atoms in total. The summed E-state index contributed by atoms with van der Waals surface area (Å²) in [4.78, 5) is 3.97. The van der Waals surface area contributed by atoms with Crippen LogP contribution in [0.25, 0.3) is 0 Å². The van der Waals surface area contributed by atoms with Crippen molar-refractivity contribution in [2.75, 3.05) is 11.1 Å². The number of nitrogen functional groups attached to an aromatic ring is 1. The number of rotatable bonds is 2.